The number of piperidine rings is 1. The van der Waals surface area contributed by atoms with Crippen molar-refractivity contribution >= 4 is 23.9 Å². The summed E-state index contributed by atoms with van der Waals surface area (Å²) in [4.78, 5) is 41.9. The van der Waals surface area contributed by atoms with Crippen LogP contribution in [0.5, 0.6) is 0 Å². The Balaban J connectivity index is 0.000000396. The third kappa shape index (κ3) is 15.3. The fourth-order valence-corrected chi connectivity index (χ4v) is 3.79. The summed E-state index contributed by atoms with van der Waals surface area (Å²) in [5.74, 6) is -6.34. The Hall–Kier alpha value is -4.27. The summed E-state index contributed by atoms with van der Waals surface area (Å²) in [6.07, 6.45) is -6.51. The van der Waals surface area contributed by atoms with Crippen LogP contribution in [-0.4, -0.2) is 104 Å². The van der Waals surface area contributed by atoms with Gasteiger partial charge < -0.3 is 25.4 Å². The number of carboxylic acid groups (broad SMARTS) is 3. The van der Waals surface area contributed by atoms with Crippen molar-refractivity contribution in [1.82, 2.24) is 19.9 Å². The van der Waals surface area contributed by atoms with Gasteiger partial charge in [-0.2, -0.15) is 39.5 Å². The first-order valence-corrected chi connectivity index (χ1v) is 12.4. The van der Waals surface area contributed by atoms with Gasteiger partial charge in [0.2, 0.25) is 5.95 Å². The Morgan fingerprint density at radius 1 is 0.867 bits per heavy atom. The molecule has 0 spiro atoms. The maximum absolute atomic E-state index is 10.6. The van der Waals surface area contributed by atoms with Crippen molar-refractivity contribution in [2.45, 2.75) is 37.6 Å². The van der Waals surface area contributed by atoms with Crippen LogP contribution in [0.2, 0.25) is 0 Å². The molecule has 4 N–H and O–H groups in total. The Bertz CT molecular complexity index is 1150. The topological polar surface area (TPSA) is 175 Å². The summed E-state index contributed by atoms with van der Waals surface area (Å²) in [5, 5.41) is 24.7. The molecule has 0 aromatic carbocycles. The van der Waals surface area contributed by atoms with Crippen LogP contribution < -0.4 is 5.32 Å². The highest BCUT2D eigenvalue weighted by Crippen LogP contribution is 2.34. The molecule has 252 valence electrons. The molecule has 2 aliphatic rings. The maximum atomic E-state index is 10.6. The van der Waals surface area contributed by atoms with Crippen LogP contribution in [0.3, 0.4) is 0 Å². The lowest BCUT2D eigenvalue weighted by Gasteiger charge is -2.36. The number of halogens is 9. The normalized spacial score (nSPS) is 19.6. The molecule has 0 bridgehead atoms. The number of rotatable bonds is 5. The van der Waals surface area contributed by atoms with E-state index in [1.165, 1.54) is 12.0 Å². The average Bonchev–Trinajstić information content (AvgIpc) is 3.35. The molecule has 0 aliphatic carbocycles. The number of likely N-dealkylation sites (tertiary alicyclic amines) is 1. The van der Waals surface area contributed by atoms with Crippen molar-refractivity contribution < 1.29 is 74.0 Å². The summed E-state index contributed by atoms with van der Waals surface area (Å²) in [6.45, 7) is 4.85. The molecule has 45 heavy (non-hydrogen) atoms. The van der Waals surface area contributed by atoms with E-state index in [-0.39, 0.29) is 6.10 Å². The Labute approximate surface area is 247 Å². The second-order valence-electron chi connectivity index (χ2n) is 9.04. The molecule has 0 saturated carbocycles. The highest BCUT2D eigenvalue weighted by atomic mass is 19.4. The van der Waals surface area contributed by atoms with Gasteiger partial charge in [-0.05, 0) is 36.6 Å². The zero-order valence-electron chi connectivity index (χ0n) is 22.7. The average molecular weight is 667 g/mol. The molecule has 2 fully saturated rings. The van der Waals surface area contributed by atoms with Gasteiger partial charge in [-0.15, -0.1) is 0 Å². The van der Waals surface area contributed by atoms with Gasteiger partial charge in [0.05, 0.1) is 12.7 Å². The molecule has 4 heterocycles. The lowest BCUT2D eigenvalue weighted by molar-refractivity contribution is -0.193. The molecule has 2 saturated heterocycles. The Kier molecular flexibility index (Phi) is 14.9. The van der Waals surface area contributed by atoms with Gasteiger partial charge in [-0.3, -0.25) is 9.88 Å². The minimum Gasteiger partial charge on any atom is -0.475 e. The van der Waals surface area contributed by atoms with E-state index in [1.54, 1.807) is 12.4 Å². The third-order valence-electron chi connectivity index (χ3n) is 5.78. The third-order valence-corrected chi connectivity index (χ3v) is 5.78. The number of carboxylic acids is 3. The van der Waals surface area contributed by atoms with Gasteiger partial charge in [0.1, 0.15) is 0 Å². The van der Waals surface area contributed by atoms with Gasteiger partial charge in [0.25, 0.3) is 0 Å². The van der Waals surface area contributed by atoms with Gasteiger partial charge in [0.15, 0.2) is 0 Å². The predicted octanol–water partition coefficient (Wildman–Crippen LogP) is 3.72. The van der Waals surface area contributed by atoms with Crippen LogP contribution >= 0.6 is 0 Å². The number of carbonyl (C=O) groups is 3. The first-order valence-electron chi connectivity index (χ1n) is 12.4. The van der Waals surface area contributed by atoms with Crippen molar-refractivity contribution in [3.63, 3.8) is 0 Å². The second kappa shape index (κ2) is 17.3. The summed E-state index contributed by atoms with van der Waals surface area (Å²) < 4.78 is 101. The summed E-state index contributed by atoms with van der Waals surface area (Å²) >= 11 is 0. The number of ether oxygens (including phenoxy) is 1. The molecular weight excluding hydrogens is 641 g/mol. The number of aromatic nitrogens is 3. The van der Waals surface area contributed by atoms with E-state index in [1.807, 2.05) is 24.5 Å². The van der Waals surface area contributed by atoms with E-state index in [0.29, 0.717) is 17.8 Å². The standard InChI is InChI=1S/C18H23N5O.3C2HF3O2/c1-3-14(9-19-5-1)11-23-8-4-15-13-24-17(16(15)12-23)10-22-18-20-6-2-7-21-18;3*3-2(4,5)1(6)7/h1-3,5-7,9,15-17H,4,8,10-13H2,(H,20,21,22);3*(H,6,7)/t15-,16-,17+;;;/m0.../s1. The van der Waals surface area contributed by atoms with Crippen molar-refractivity contribution in [2.24, 2.45) is 11.8 Å². The molecule has 0 unspecified atom stereocenters. The lowest BCUT2D eigenvalue weighted by atomic mass is 9.84. The van der Waals surface area contributed by atoms with E-state index >= 15 is 0 Å². The fraction of sp³-hybridized carbons (Fsp3) is 0.500. The molecule has 4 rings (SSSR count). The fourth-order valence-electron chi connectivity index (χ4n) is 3.79. The van der Waals surface area contributed by atoms with Crippen LogP contribution in [0.4, 0.5) is 45.5 Å². The number of pyridine rings is 1. The zero-order valence-corrected chi connectivity index (χ0v) is 22.7. The molecule has 2 aliphatic heterocycles. The molecule has 2 aromatic heterocycles. The Morgan fingerprint density at radius 2 is 1.38 bits per heavy atom. The molecular formula is C24H26F9N5O7. The number of nitrogens with zero attached hydrogens (tertiary/aromatic N) is 4. The monoisotopic (exact) mass is 667 g/mol. The first kappa shape index (κ1) is 38.8. The van der Waals surface area contributed by atoms with Crippen molar-refractivity contribution in [2.75, 3.05) is 31.6 Å². The minimum atomic E-state index is -5.08. The smallest absolute Gasteiger partial charge is 0.475 e. The van der Waals surface area contributed by atoms with Crippen LogP contribution in [-0.2, 0) is 25.7 Å². The van der Waals surface area contributed by atoms with E-state index in [4.69, 9.17) is 34.4 Å². The van der Waals surface area contributed by atoms with E-state index in [9.17, 15) is 39.5 Å². The number of anilines is 1. The lowest BCUT2D eigenvalue weighted by Crippen LogP contribution is -2.43. The van der Waals surface area contributed by atoms with Crippen LogP contribution in [0.25, 0.3) is 0 Å². The van der Waals surface area contributed by atoms with Crippen molar-refractivity contribution in [1.29, 1.82) is 0 Å². The number of hydrogen-bond acceptors (Lipinski definition) is 9. The van der Waals surface area contributed by atoms with Crippen LogP contribution in [0.15, 0.2) is 43.0 Å². The van der Waals surface area contributed by atoms with Gasteiger partial charge in [0, 0.05) is 50.3 Å². The summed E-state index contributed by atoms with van der Waals surface area (Å²) in [5.41, 5.74) is 1.28. The molecule has 3 atom stereocenters. The highest BCUT2D eigenvalue weighted by molar-refractivity contribution is 5.73. The van der Waals surface area contributed by atoms with Gasteiger partial charge in [-0.1, -0.05) is 6.07 Å². The number of fused-ring (bicyclic) bond motifs is 1. The van der Waals surface area contributed by atoms with E-state index in [2.05, 4.69) is 31.2 Å². The van der Waals surface area contributed by atoms with Crippen LogP contribution in [0.1, 0.15) is 12.0 Å². The second-order valence-corrected chi connectivity index (χ2v) is 9.04. The van der Waals surface area contributed by atoms with Gasteiger partial charge in [-0.25, -0.2) is 24.4 Å². The Morgan fingerprint density at radius 3 is 1.82 bits per heavy atom. The zero-order chi connectivity index (χ0) is 34.4. The van der Waals surface area contributed by atoms with Gasteiger partial charge >= 0.3 is 36.4 Å². The molecule has 0 amide bonds. The predicted molar refractivity (Wildman–Crippen MR) is 132 cm³/mol. The molecule has 2 aromatic rings. The number of nitrogens with one attached hydrogen (secondary N) is 1. The summed E-state index contributed by atoms with van der Waals surface area (Å²) in [7, 11) is 0. The summed E-state index contributed by atoms with van der Waals surface area (Å²) in [6, 6.07) is 5.98. The first-order chi connectivity index (χ1) is 20.7. The largest absolute Gasteiger partial charge is 0.490 e. The van der Waals surface area contributed by atoms with E-state index in [0.717, 1.165) is 32.8 Å². The van der Waals surface area contributed by atoms with E-state index < -0.39 is 36.4 Å². The highest BCUT2D eigenvalue weighted by Gasteiger charge is 2.41. The maximum Gasteiger partial charge on any atom is 0.490 e. The quantitative estimate of drug-likeness (QED) is 0.341. The minimum absolute atomic E-state index is 0.232. The van der Waals surface area contributed by atoms with Crippen molar-refractivity contribution in [3.05, 3.63) is 48.5 Å². The molecule has 12 nitrogen and oxygen atoms in total. The van der Waals surface area contributed by atoms with Crippen molar-refractivity contribution in [3.8, 4) is 0 Å². The number of alkyl halides is 9. The number of aliphatic carboxylic acids is 3. The molecule has 0 radical (unpaired) electrons. The molecule has 21 heteroatoms. The number of hydrogen-bond donors (Lipinski definition) is 4. The van der Waals surface area contributed by atoms with Crippen LogP contribution in [0, 0.1) is 11.8 Å². The SMILES string of the molecule is O=C(O)C(F)(F)F.O=C(O)C(F)(F)F.O=C(O)C(F)(F)F.c1cnc(NC[C@H]2OC[C@@H]3CCN(Cc4cccnc4)C[C@@H]32)nc1.